The number of hydrogen-bond acceptors (Lipinski definition) is 5. The maximum Gasteiger partial charge on any atom is 0.0767 e. The Morgan fingerprint density at radius 3 is 2.88 bits per heavy atom. The van der Waals surface area contributed by atoms with Crippen molar-refractivity contribution in [2.75, 3.05) is 18.6 Å². The van der Waals surface area contributed by atoms with E-state index in [1.165, 1.54) is 17.9 Å². The zero-order chi connectivity index (χ0) is 12.1. The second-order valence-electron chi connectivity index (χ2n) is 4.05. The largest absolute Gasteiger partial charge is 0.311 e. The van der Waals surface area contributed by atoms with Gasteiger partial charge < -0.3 is 5.32 Å². The molecule has 1 aromatic heterocycles. The summed E-state index contributed by atoms with van der Waals surface area (Å²) in [6.07, 6.45) is 6.62. The van der Waals surface area contributed by atoms with Gasteiger partial charge in [0.25, 0.3) is 0 Å². The van der Waals surface area contributed by atoms with Crippen molar-refractivity contribution < 1.29 is 0 Å². The Morgan fingerprint density at radius 2 is 2.24 bits per heavy atom. The van der Waals surface area contributed by atoms with Crippen LogP contribution in [0.4, 0.5) is 0 Å². The molecule has 0 aliphatic carbocycles. The van der Waals surface area contributed by atoms with Crippen LogP contribution in [0.3, 0.4) is 0 Å². The van der Waals surface area contributed by atoms with Crippen LogP contribution < -0.4 is 5.32 Å². The standard InChI is InChI=1S/C12H19N3S2/c1-3-10-12(17-7-6-16-10)11(13-2)9-8-14-4-5-15-9/h4-5,8,10-13H,3,6-7H2,1-2H3. The monoisotopic (exact) mass is 269 g/mol. The first-order chi connectivity index (χ1) is 8.36. The summed E-state index contributed by atoms with van der Waals surface area (Å²) in [5, 5.41) is 4.73. The summed E-state index contributed by atoms with van der Waals surface area (Å²) in [6.45, 7) is 2.28. The zero-order valence-electron chi connectivity index (χ0n) is 10.3. The van der Waals surface area contributed by atoms with E-state index in [0.717, 1.165) is 5.69 Å². The molecule has 1 saturated heterocycles. The average Bonchev–Trinajstić information content (AvgIpc) is 2.41. The van der Waals surface area contributed by atoms with Gasteiger partial charge in [-0.1, -0.05) is 6.92 Å². The zero-order valence-corrected chi connectivity index (χ0v) is 11.9. The molecular formula is C12H19N3S2. The number of hydrogen-bond donors (Lipinski definition) is 1. The molecule has 0 saturated carbocycles. The lowest BCUT2D eigenvalue weighted by Crippen LogP contribution is -2.37. The highest BCUT2D eigenvalue weighted by Crippen LogP contribution is 2.39. The topological polar surface area (TPSA) is 37.8 Å². The maximum atomic E-state index is 4.45. The molecule has 0 radical (unpaired) electrons. The highest BCUT2D eigenvalue weighted by atomic mass is 32.2. The summed E-state index contributed by atoms with van der Waals surface area (Å²) in [6, 6.07) is 0.312. The molecule has 5 heteroatoms. The maximum absolute atomic E-state index is 4.45. The normalized spacial score (nSPS) is 26.7. The minimum Gasteiger partial charge on any atom is -0.311 e. The number of aromatic nitrogens is 2. The molecule has 1 N–H and O–H groups in total. The Kier molecular flexibility index (Phi) is 5.13. The van der Waals surface area contributed by atoms with Crippen LogP contribution in [0.15, 0.2) is 18.6 Å². The molecule has 94 valence electrons. The number of rotatable bonds is 4. The third-order valence-electron chi connectivity index (χ3n) is 3.04. The van der Waals surface area contributed by atoms with Crippen molar-refractivity contribution >= 4 is 23.5 Å². The van der Waals surface area contributed by atoms with Crippen molar-refractivity contribution in [2.45, 2.75) is 29.9 Å². The second kappa shape index (κ2) is 6.61. The molecule has 1 fully saturated rings. The van der Waals surface area contributed by atoms with Gasteiger partial charge in [0.1, 0.15) is 0 Å². The molecule has 1 aliphatic heterocycles. The van der Waals surface area contributed by atoms with Crippen LogP contribution in [0.2, 0.25) is 0 Å². The van der Waals surface area contributed by atoms with E-state index in [-0.39, 0.29) is 0 Å². The molecule has 0 bridgehead atoms. The van der Waals surface area contributed by atoms with Crippen molar-refractivity contribution in [3.63, 3.8) is 0 Å². The molecule has 0 amide bonds. The molecule has 17 heavy (non-hydrogen) atoms. The van der Waals surface area contributed by atoms with E-state index >= 15 is 0 Å². The van der Waals surface area contributed by atoms with Crippen molar-refractivity contribution in [1.29, 1.82) is 0 Å². The van der Waals surface area contributed by atoms with Crippen LogP contribution in [0, 0.1) is 0 Å². The van der Waals surface area contributed by atoms with E-state index in [1.807, 2.05) is 13.2 Å². The molecule has 0 spiro atoms. The fraction of sp³-hybridized carbons (Fsp3) is 0.667. The van der Waals surface area contributed by atoms with Crippen LogP contribution in [-0.2, 0) is 0 Å². The van der Waals surface area contributed by atoms with Crippen molar-refractivity contribution in [3.05, 3.63) is 24.3 Å². The first-order valence-corrected chi connectivity index (χ1v) is 8.13. The van der Waals surface area contributed by atoms with E-state index in [1.54, 1.807) is 12.4 Å². The van der Waals surface area contributed by atoms with Gasteiger partial charge in [-0.3, -0.25) is 9.97 Å². The fourth-order valence-electron chi connectivity index (χ4n) is 2.20. The van der Waals surface area contributed by atoms with Gasteiger partial charge in [-0.25, -0.2) is 0 Å². The quantitative estimate of drug-likeness (QED) is 0.908. The second-order valence-corrected chi connectivity index (χ2v) is 6.68. The summed E-state index contributed by atoms with van der Waals surface area (Å²) < 4.78 is 0. The van der Waals surface area contributed by atoms with Crippen LogP contribution in [0.1, 0.15) is 25.1 Å². The Hall–Kier alpha value is -0.260. The van der Waals surface area contributed by atoms with Gasteiger partial charge in [0.2, 0.25) is 0 Å². The Labute approximate surface area is 112 Å². The van der Waals surface area contributed by atoms with Crippen LogP contribution in [-0.4, -0.2) is 39.0 Å². The van der Waals surface area contributed by atoms with E-state index in [2.05, 4.69) is 45.7 Å². The van der Waals surface area contributed by atoms with E-state index in [0.29, 0.717) is 16.5 Å². The van der Waals surface area contributed by atoms with Gasteiger partial charge >= 0.3 is 0 Å². The summed E-state index contributed by atoms with van der Waals surface area (Å²) >= 11 is 4.17. The number of nitrogens with zero attached hydrogens (tertiary/aromatic N) is 2. The molecule has 2 rings (SSSR count). The first-order valence-electron chi connectivity index (χ1n) is 6.03. The summed E-state index contributed by atoms with van der Waals surface area (Å²) in [4.78, 5) is 8.63. The Morgan fingerprint density at radius 1 is 1.41 bits per heavy atom. The molecule has 0 aromatic carbocycles. The minimum atomic E-state index is 0.312. The molecule has 2 heterocycles. The van der Waals surface area contributed by atoms with Gasteiger partial charge in [-0.05, 0) is 13.5 Å². The first kappa shape index (κ1) is 13.2. The Balaban J connectivity index is 2.16. The Bertz CT molecular complexity index is 334. The lowest BCUT2D eigenvalue weighted by Gasteiger charge is -2.35. The van der Waals surface area contributed by atoms with Gasteiger partial charge in [-0.2, -0.15) is 23.5 Å². The summed E-state index contributed by atoms with van der Waals surface area (Å²) in [5.74, 6) is 2.51. The SMILES string of the molecule is CCC1SCCSC1C(NC)c1cnccn1. The van der Waals surface area contributed by atoms with Crippen LogP contribution >= 0.6 is 23.5 Å². The molecule has 3 atom stereocenters. The van der Waals surface area contributed by atoms with E-state index in [4.69, 9.17) is 0 Å². The number of nitrogens with one attached hydrogen (secondary N) is 1. The molecule has 3 nitrogen and oxygen atoms in total. The predicted octanol–water partition coefficient (Wildman–Crippen LogP) is 2.36. The van der Waals surface area contributed by atoms with Crippen LogP contribution in [0.5, 0.6) is 0 Å². The van der Waals surface area contributed by atoms with Gasteiger partial charge in [0.05, 0.1) is 17.9 Å². The summed E-state index contributed by atoms with van der Waals surface area (Å²) in [7, 11) is 2.02. The summed E-state index contributed by atoms with van der Waals surface area (Å²) in [5.41, 5.74) is 1.06. The lowest BCUT2D eigenvalue weighted by molar-refractivity contribution is 0.529. The van der Waals surface area contributed by atoms with Crippen molar-refractivity contribution in [2.24, 2.45) is 0 Å². The molecule has 3 unspecified atom stereocenters. The average molecular weight is 269 g/mol. The minimum absolute atomic E-state index is 0.312. The molecule has 1 aliphatic rings. The van der Waals surface area contributed by atoms with Gasteiger partial charge in [-0.15, -0.1) is 0 Å². The van der Waals surface area contributed by atoms with Gasteiger partial charge in [0.15, 0.2) is 0 Å². The van der Waals surface area contributed by atoms with Crippen molar-refractivity contribution in [3.8, 4) is 0 Å². The highest BCUT2D eigenvalue weighted by molar-refractivity contribution is 8.07. The van der Waals surface area contributed by atoms with E-state index < -0.39 is 0 Å². The molecule has 1 aromatic rings. The fourth-order valence-corrected chi connectivity index (χ4v) is 5.47. The third-order valence-corrected chi connectivity index (χ3v) is 6.39. The molecular weight excluding hydrogens is 250 g/mol. The lowest BCUT2D eigenvalue weighted by atomic mass is 10.1. The van der Waals surface area contributed by atoms with Gasteiger partial charge in [0, 0.05) is 34.4 Å². The predicted molar refractivity (Wildman–Crippen MR) is 76.6 cm³/mol. The number of thioether (sulfide) groups is 2. The highest BCUT2D eigenvalue weighted by Gasteiger charge is 2.32. The van der Waals surface area contributed by atoms with E-state index in [9.17, 15) is 0 Å². The third kappa shape index (κ3) is 3.14. The van der Waals surface area contributed by atoms with Crippen LogP contribution in [0.25, 0.3) is 0 Å². The van der Waals surface area contributed by atoms with Crippen molar-refractivity contribution in [1.82, 2.24) is 15.3 Å². The smallest absolute Gasteiger partial charge is 0.0767 e.